The Balaban J connectivity index is 1.26. The number of aromatic nitrogens is 2. The molecule has 1 saturated carbocycles. The molecule has 1 aromatic heterocycles. The van der Waals surface area contributed by atoms with E-state index < -0.39 is 0 Å². The molecule has 0 N–H and O–H groups in total. The summed E-state index contributed by atoms with van der Waals surface area (Å²) in [5.74, 6) is 2.23. The predicted octanol–water partition coefficient (Wildman–Crippen LogP) is 4.55. The number of nitriles is 1. The summed E-state index contributed by atoms with van der Waals surface area (Å²) in [6.45, 7) is 6.91. The van der Waals surface area contributed by atoms with E-state index in [9.17, 15) is 10.1 Å². The number of likely N-dealkylation sites (tertiary alicyclic amines) is 1. The fourth-order valence-electron chi connectivity index (χ4n) is 7.23. The molecule has 0 bridgehead atoms. The monoisotopic (exact) mass is 548 g/mol. The Morgan fingerprint density at radius 2 is 2.10 bits per heavy atom. The Hall–Kier alpha value is -3.96. The van der Waals surface area contributed by atoms with Crippen molar-refractivity contribution in [1.29, 1.82) is 5.26 Å². The number of fused-ring (bicyclic) bond motifs is 4. The van der Waals surface area contributed by atoms with Crippen molar-refractivity contribution in [3.8, 4) is 23.2 Å². The molecule has 2 aliphatic heterocycles. The molecule has 2 saturated heterocycles. The van der Waals surface area contributed by atoms with Gasteiger partial charge < -0.3 is 19.4 Å². The first kappa shape index (κ1) is 26.0. The van der Waals surface area contributed by atoms with E-state index in [1.165, 1.54) is 47.6 Å². The van der Waals surface area contributed by atoms with Gasteiger partial charge in [-0.3, -0.25) is 4.79 Å². The van der Waals surface area contributed by atoms with E-state index >= 15 is 0 Å². The maximum atomic E-state index is 12.5. The number of piperazine rings is 1. The van der Waals surface area contributed by atoms with Crippen molar-refractivity contribution < 1.29 is 9.53 Å². The lowest BCUT2D eigenvalue weighted by molar-refractivity contribution is -0.128. The molecule has 4 aliphatic rings. The normalized spacial score (nSPS) is 25.1. The van der Waals surface area contributed by atoms with Crippen molar-refractivity contribution in [2.24, 2.45) is 5.92 Å². The Labute approximate surface area is 241 Å². The lowest BCUT2D eigenvalue weighted by Gasteiger charge is -2.41. The number of ether oxygens (including phenoxy) is 1. The minimum Gasteiger partial charge on any atom is -0.462 e. The summed E-state index contributed by atoms with van der Waals surface area (Å²) in [6.07, 6.45) is 6.37. The summed E-state index contributed by atoms with van der Waals surface area (Å²) < 4.78 is 6.27. The molecule has 3 fully saturated rings. The molecule has 0 spiro atoms. The summed E-state index contributed by atoms with van der Waals surface area (Å²) in [6, 6.07) is 16.0. The van der Waals surface area contributed by atoms with Crippen LogP contribution in [0.15, 0.2) is 49.1 Å². The van der Waals surface area contributed by atoms with Crippen LogP contribution in [-0.4, -0.2) is 77.6 Å². The molecule has 41 heavy (non-hydrogen) atoms. The minimum absolute atomic E-state index is 0.139. The first-order valence-electron chi connectivity index (χ1n) is 14.9. The van der Waals surface area contributed by atoms with Crippen LogP contribution in [0.2, 0.25) is 0 Å². The van der Waals surface area contributed by atoms with E-state index in [2.05, 4.69) is 65.9 Å². The number of anilines is 1. The smallest absolute Gasteiger partial charge is 0.319 e. The van der Waals surface area contributed by atoms with Crippen molar-refractivity contribution in [1.82, 2.24) is 19.8 Å². The van der Waals surface area contributed by atoms with Crippen LogP contribution in [0.25, 0.3) is 22.0 Å². The van der Waals surface area contributed by atoms with Gasteiger partial charge in [-0.05, 0) is 91.6 Å². The van der Waals surface area contributed by atoms with Gasteiger partial charge in [0.1, 0.15) is 12.4 Å². The lowest BCUT2D eigenvalue weighted by atomic mass is 9.94. The fraction of sp³-hybridized carbons (Fsp3) is 0.455. The Morgan fingerprint density at radius 3 is 2.90 bits per heavy atom. The van der Waals surface area contributed by atoms with Crippen LogP contribution in [0.1, 0.15) is 42.7 Å². The second-order valence-corrected chi connectivity index (χ2v) is 12.0. The van der Waals surface area contributed by atoms with Gasteiger partial charge in [0.05, 0.1) is 24.0 Å². The Morgan fingerprint density at radius 1 is 1.20 bits per heavy atom. The molecule has 2 aliphatic carbocycles. The van der Waals surface area contributed by atoms with Gasteiger partial charge in [0, 0.05) is 31.1 Å². The fourth-order valence-corrected chi connectivity index (χ4v) is 7.23. The zero-order chi connectivity index (χ0) is 28.1. The van der Waals surface area contributed by atoms with Crippen LogP contribution in [0, 0.1) is 17.2 Å². The molecule has 3 heterocycles. The minimum atomic E-state index is -0.238. The summed E-state index contributed by atoms with van der Waals surface area (Å²) in [5.41, 5.74) is 6.34. The van der Waals surface area contributed by atoms with Crippen LogP contribution in [-0.2, 0) is 11.2 Å². The van der Waals surface area contributed by atoms with Crippen LogP contribution in [0.3, 0.4) is 0 Å². The molecule has 1 amide bonds. The molecule has 4 atom stereocenters. The number of likely N-dealkylation sites (N-methyl/N-ethyl adjacent to an activating group) is 1. The molecular formula is C33H36N6O2. The second kappa shape index (κ2) is 10.5. The first-order valence-corrected chi connectivity index (χ1v) is 14.9. The van der Waals surface area contributed by atoms with Gasteiger partial charge in [-0.15, -0.1) is 0 Å². The van der Waals surface area contributed by atoms with Crippen molar-refractivity contribution in [2.75, 3.05) is 44.7 Å². The van der Waals surface area contributed by atoms with Crippen molar-refractivity contribution in [2.45, 2.75) is 50.1 Å². The zero-order valence-corrected chi connectivity index (χ0v) is 23.6. The molecule has 7 rings (SSSR count). The highest BCUT2D eigenvalue weighted by molar-refractivity contribution is 5.94. The average molecular weight is 549 g/mol. The highest BCUT2D eigenvalue weighted by Crippen LogP contribution is 2.57. The summed E-state index contributed by atoms with van der Waals surface area (Å²) in [5, 5.41) is 10.5. The van der Waals surface area contributed by atoms with E-state index in [0.29, 0.717) is 38.3 Å². The van der Waals surface area contributed by atoms with Gasteiger partial charge in [-0.2, -0.15) is 15.2 Å². The van der Waals surface area contributed by atoms with Gasteiger partial charge in [-0.25, -0.2) is 0 Å². The lowest BCUT2D eigenvalue weighted by Crippen LogP contribution is -2.55. The van der Waals surface area contributed by atoms with Crippen molar-refractivity contribution in [3.05, 3.63) is 60.2 Å². The molecule has 0 radical (unpaired) electrons. The van der Waals surface area contributed by atoms with Gasteiger partial charge in [-0.1, -0.05) is 30.8 Å². The zero-order valence-electron chi connectivity index (χ0n) is 23.6. The number of amides is 1. The molecular weight excluding hydrogens is 512 g/mol. The third kappa shape index (κ3) is 4.72. The van der Waals surface area contributed by atoms with E-state index in [1.54, 1.807) is 4.90 Å². The summed E-state index contributed by atoms with van der Waals surface area (Å²) in [4.78, 5) is 28.6. The number of hydrogen-bond acceptors (Lipinski definition) is 7. The van der Waals surface area contributed by atoms with Crippen molar-refractivity contribution >= 4 is 22.6 Å². The molecule has 210 valence electrons. The van der Waals surface area contributed by atoms with Crippen LogP contribution < -0.4 is 9.64 Å². The highest BCUT2D eigenvalue weighted by atomic mass is 16.5. The Bertz CT molecular complexity index is 1560. The number of nitrogens with zero attached hydrogens (tertiary/aromatic N) is 6. The third-order valence-electron chi connectivity index (χ3n) is 9.61. The molecule has 3 aromatic rings. The predicted molar refractivity (Wildman–Crippen MR) is 159 cm³/mol. The van der Waals surface area contributed by atoms with Crippen LogP contribution in [0.5, 0.6) is 6.01 Å². The topological polar surface area (TPSA) is 85.6 Å². The maximum absolute atomic E-state index is 12.5. The van der Waals surface area contributed by atoms with Gasteiger partial charge in [0.15, 0.2) is 0 Å². The van der Waals surface area contributed by atoms with Gasteiger partial charge in [0.2, 0.25) is 5.91 Å². The number of carbonyl (C=O) groups excluding carboxylic acids is 1. The molecule has 8 heteroatoms. The average Bonchev–Trinajstić information content (AvgIpc) is 3.49. The van der Waals surface area contributed by atoms with E-state index in [4.69, 9.17) is 14.7 Å². The molecule has 0 unspecified atom stereocenters. The van der Waals surface area contributed by atoms with E-state index in [1.807, 2.05) is 0 Å². The van der Waals surface area contributed by atoms with Crippen LogP contribution >= 0.6 is 0 Å². The number of hydrogen-bond donors (Lipinski definition) is 0. The quantitative estimate of drug-likeness (QED) is 0.401. The summed E-state index contributed by atoms with van der Waals surface area (Å²) in [7, 11) is 2.14. The number of carbonyl (C=O) groups is 1. The molecule has 2 aromatic carbocycles. The van der Waals surface area contributed by atoms with Gasteiger partial charge in [0.25, 0.3) is 0 Å². The number of rotatable bonds is 7. The van der Waals surface area contributed by atoms with E-state index in [0.717, 1.165) is 41.5 Å². The second-order valence-electron chi connectivity index (χ2n) is 12.0. The van der Waals surface area contributed by atoms with E-state index in [-0.39, 0.29) is 18.4 Å². The third-order valence-corrected chi connectivity index (χ3v) is 9.61. The first-order chi connectivity index (χ1) is 20.0. The van der Waals surface area contributed by atoms with Crippen molar-refractivity contribution in [3.63, 3.8) is 0 Å². The highest BCUT2D eigenvalue weighted by Gasteiger charge is 2.45. The van der Waals surface area contributed by atoms with Crippen LogP contribution in [0.4, 0.5) is 5.82 Å². The summed E-state index contributed by atoms with van der Waals surface area (Å²) >= 11 is 0. The standard InChI is InChI=1S/C33H36N6O2/c1-3-31(40)39-15-14-38(19-23(39)11-12-34)32-27-10-9-21(25-7-4-8-26-28-16-22(28)17-29(25)26)18-30(27)35-33(36-32)41-20-24-6-5-13-37(24)2/h3-4,7-10,18,22-24,28H,1,5-6,11,13-17,19-20H2,2H3/t22-,23-,24-,28-/m0/s1. The molecule has 8 nitrogen and oxygen atoms in total. The SMILES string of the molecule is C=CC(=O)N1CCN(c2nc(OC[C@@H]3CCCN3C)nc3cc(-c4cccc5c4C[C@@H]4C[C@H]54)ccc23)C[C@@H]1CC#N. The largest absolute Gasteiger partial charge is 0.462 e. The Kier molecular flexibility index (Phi) is 6.63. The van der Waals surface area contributed by atoms with Gasteiger partial charge >= 0.3 is 6.01 Å². The maximum Gasteiger partial charge on any atom is 0.319 e. The number of benzene rings is 2.